The van der Waals surface area contributed by atoms with E-state index in [0.29, 0.717) is 17.7 Å². The molecule has 0 amide bonds. The fourth-order valence-corrected chi connectivity index (χ4v) is 4.19. The highest BCUT2D eigenvalue weighted by atomic mass is 16.1. The first-order chi connectivity index (χ1) is 10.2. The third kappa shape index (κ3) is 3.55. The van der Waals surface area contributed by atoms with Crippen LogP contribution in [0.3, 0.4) is 0 Å². The summed E-state index contributed by atoms with van der Waals surface area (Å²) < 4.78 is 0. The molecule has 1 heterocycles. The minimum Gasteiger partial charge on any atom is -0.300 e. The summed E-state index contributed by atoms with van der Waals surface area (Å²) in [7, 11) is 0. The van der Waals surface area contributed by atoms with Crippen molar-refractivity contribution in [3.8, 4) is 0 Å². The fraction of sp³-hybridized carbons (Fsp3) is 0.632. The molecule has 2 aliphatic rings. The van der Waals surface area contributed by atoms with Crippen LogP contribution in [0.1, 0.15) is 62.5 Å². The summed E-state index contributed by atoms with van der Waals surface area (Å²) in [6.45, 7) is 4.06. The Bertz CT molecular complexity index is 496. The van der Waals surface area contributed by atoms with Gasteiger partial charge in [0, 0.05) is 19.0 Å². The molecule has 2 atom stereocenters. The van der Waals surface area contributed by atoms with Crippen molar-refractivity contribution in [3.05, 3.63) is 35.4 Å². The Morgan fingerprint density at radius 1 is 1.19 bits per heavy atom. The van der Waals surface area contributed by atoms with Crippen LogP contribution in [0, 0.1) is 0 Å². The number of hydrogen-bond donors (Lipinski definition) is 0. The summed E-state index contributed by atoms with van der Waals surface area (Å²) in [6.07, 6.45) is 8.39. The SMILES string of the molecule is CC(=O)CC1CCCCN1CC1CCCc2ccccc21. The van der Waals surface area contributed by atoms with Gasteiger partial charge in [0.1, 0.15) is 5.78 Å². The lowest BCUT2D eigenvalue weighted by molar-refractivity contribution is -0.118. The van der Waals surface area contributed by atoms with E-state index in [9.17, 15) is 4.79 Å². The van der Waals surface area contributed by atoms with Crippen LogP contribution in [0.15, 0.2) is 24.3 Å². The lowest BCUT2D eigenvalue weighted by Gasteiger charge is -2.39. The molecule has 1 aliphatic carbocycles. The molecule has 0 saturated carbocycles. The highest BCUT2D eigenvalue weighted by Gasteiger charge is 2.28. The number of ketones is 1. The van der Waals surface area contributed by atoms with Gasteiger partial charge in [-0.1, -0.05) is 30.7 Å². The van der Waals surface area contributed by atoms with E-state index in [4.69, 9.17) is 0 Å². The van der Waals surface area contributed by atoms with Gasteiger partial charge < -0.3 is 0 Å². The number of Topliss-reactive ketones (excluding diaryl/α,β-unsaturated/α-hetero) is 1. The van der Waals surface area contributed by atoms with E-state index in [-0.39, 0.29) is 0 Å². The Labute approximate surface area is 128 Å². The Hall–Kier alpha value is -1.15. The number of fused-ring (bicyclic) bond motifs is 1. The van der Waals surface area contributed by atoms with Gasteiger partial charge >= 0.3 is 0 Å². The minimum atomic E-state index is 0.343. The predicted molar refractivity (Wildman–Crippen MR) is 86.6 cm³/mol. The monoisotopic (exact) mass is 285 g/mol. The topological polar surface area (TPSA) is 20.3 Å². The molecule has 114 valence electrons. The summed E-state index contributed by atoms with van der Waals surface area (Å²) in [5, 5.41) is 0. The van der Waals surface area contributed by atoms with Gasteiger partial charge in [0.15, 0.2) is 0 Å². The van der Waals surface area contributed by atoms with Crippen molar-refractivity contribution in [2.45, 2.75) is 63.8 Å². The first-order valence-electron chi connectivity index (χ1n) is 8.55. The summed E-state index contributed by atoms with van der Waals surface area (Å²) in [6, 6.07) is 9.46. The molecule has 1 aliphatic heterocycles. The normalized spacial score (nSPS) is 26.3. The molecule has 3 rings (SSSR count). The Morgan fingerprint density at radius 3 is 2.90 bits per heavy atom. The van der Waals surface area contributed by atoms with Crippen molar-refractivity contribution in [2.24, 2.45) is 0 Å². The zero-order valence-corrected chi connectivity index (χ0v) is 13.2. The largest absolute Gasteiger partial charge is 0.300 e. The van der Waals surface area contributed by atoms with Gasteiger partial charge in [0.2, 0.25) is 0 Å². The standard InChI is InChI=1S/C19H27NO/c1-15(21)13-18-10-4-5-12-20(18)14-17-9-6-8-16-7-2-3-11-19(16)17/h2-3,7,11,17-18H,4-6,8-10,12-14H2,1H3. The van der Waals surface area contributed by atoms with E-state index in [0.717, 1.165) is 13.0 Å². The van der Waals surface area contributed by atoms with E-state index in [1.807, 2.05) is 0 Å². The number of piperidine rings is 1. The summed E-state index contributed by atoms with van der Waals surface area (Å²) in [5.41, 5.74) is 3.12. The highest BCUT2D eigenvalue weighted by molar-refractivity contribution is 5.76. The van der Waals surface area contributed by atoms with Gasteiger partial charge in [-0.3, -0.25) is 9.69 Å². The summed E-state index contributed by atoms with van der Waals surface area (Å²) in [4.78, 5) is 14.1. The average molecular weight is 285 g/mol. The van der Waals surface area contributed by atoms with Crippen LogP contribution in [-0.4, -0.2) is 29.8 Å². The van der Waals surface area contributed by atoms with Crippen LogP contribution in [0.4, 0.5) is 0 Å². The molecule has 0 N–H and O–H groups in total. The van der Waals surface area contributed by atoms with Crippen molar-refractivity contribution >= 4 is 5.78 Å². The van der Waals surface area contributed by atoms with E-state index in [2.05, 4.69) is 29.2 Å². The number of hydrogen-bond acceptors (Lipinski definition) is 2. The molecule has 0 spiro atoms. The van der Waals surface area contributed by atoms with Crippen LogP contribution < -0.4 is 0 Å². The molecule has 0 aromatic heterocycles. The van der Waals surface area contributed by atoms with Crippen LogP contribution in [-0.2, 0) is 11.2 Å². The van der Waals surface area contributed by atoms with E-state index < -0.39 is 0 Å². The molecule has 0 bridgehead atoms. The molecule has 1 saturated heterocycles. The molecule has 2 heteroatoms. The van der Waals surface area contributed by atoms with Crippen LogP contribution in [0.2, 0.25) is 0 Å². The maximum Gasteiger partial charge on any atom is 0.131 e. The summed E-state index contributed by atoms with van der Waals surface area (Å²) >= 11 is 0. The third-order valence-corrected chi connectivity index (χ3v) is 5.22. The number of aryl methyl sites for hydroxylation is 1. The lowest BCUT2D eigenvalue weighted by Crippen LogP contribution is -2.43. The van der Waals surface area contributed by atoms with Crippen molar-refractivity contribution in [1.82, 2.24) is 4.90 Å². The minimum absolute atomic E-state index is 0.343. The Balaban J connectivity index is 1.72. The van der Waals surface area contributed by atoms with Crippen molar-refractivity contribution in [1.29, 1.82) is 0 Å². The van der Waals surface area contributed by atoms with Crippen LogP contribution in [0.25, 0.3) is 0 Å². The molecule has 0 radical (unpaired) electrons. The number of likely N-dealkylation sites (tertiary alicyclic amines) is 1. The smallest absolute Gasteiger partial charge is 0.131 e. The third-order valence-electron chi connectivity index (χ3n) is 5.22. The number of benzene rings is 1. The highest BCUT2D eigenvalue weighted by Crippen LogP contribution is 2.33. The zero-order chi connectivity index (χ0) is 14.7. The molecule has 21 heavy (non-hydrogen) atoms. The van der Waals surface area contributed by atoms with Crippen LogP contribution in [0.5, 0.6) is 0 Å². The second-order valence-corrected chi connectivity index (χ2v) is 6.84. The quantitative estimate of drug-likeness (QED) is 0.835. The molecular weight excluding hydrogens is 258 g/mol. The molecule has 2 nitrogen and oxygen atoms in total. The zero-order valence-electron chi connectivity index (χ0n) is 13.2. The molecular formula is C19H27NO. The number of nitrogens with zero attached hydrogens (tertiary/aromatic N) is 1. The molecule has 1 fully saturated rings. The van der Waals surface area contributed by atoms with Gasteiger partial charge in [-0.25, -0.2) is 0 Å². The number of carbonyl (C=O) groups is 1. The molecule has 1 aromatic rings. The Kier molecular flexibility index (Phi) is 4.74. The van der Waals surface area contributed by atoms with Gasteiger partial charge in [-0.2, -0.15) is 0 Å². The van der Waals surface area contributed by atoms with E-state index >= 15 is 0 Å². The van der Waals surface area contributed by atoms with Gasteiger partial charge in [0.05, 0.1) is 0 Å². The molecule has 1 aromatic carbocycles. The summed E-state index contributed by atoms with van der Waals surface area (Å²) in [5.74, 6) is 1.01. The number of carbonyl (C=O) groups excluding carboxylic acids is 1. The first-order valence-corrected chi connectivity index (χ1v) is 8.55. The average Bonchev–Trinajstić information content (AvgIpc) is 2.49. The van der Waals surface area contributed by atoms with E-state index in [1.54, 1.807) is 18.1 Å². The maximum absolute atomic E-state index is 11.5. The Morgan fingerprint density at radius 2 is 2.05 bits per heavy atom. The van der Waals surface area contributed by atoms with Crippen LogP contribution >= 0.6 is 0 Å². The van der Waals surface area contributed by atoms with Crippen molar-refractivity contribution < 1.29 is 4.79 Å². The van der Waals surface area contributed by atoms with Gasteiger partial charge in [0.25, 0.3) is 0 Å². The maximum atomic E-state index is 11.5. The first kappa shape index (κ1) is 14.8. The van der Waals surface area contributed by atoms with Gasteiger partial charge in [-0.15, -0.1) is 0 Å². The van der Waals surface area contributed by atoms with Gasteiger partial charge in [-0.05, 0) is 62.6 Å². The van der Waals surface area contributed by atoms with Crippen molar-refractivity contribution in [3.63, 3.8) is 0 Å². The lowest BCUT2D eigenvalue weighted by atomic mass is 9.82. The second kappa shape index (κ2) is 6.74. The van der Waals surface area contributed by atoms with Crippen molar-refractivity contribution in [2.75, 3.05) is 13.1 Å². The predicted octanol–water partition coefficient (Wildman–Crippen LogP) is 3.94. The second-order valence-electron chi connectivity index (χ2n) is 6.84. The fourth-order valence-electron chi connectivity index (χ4n) is 4.19. The molecule has 2 unspecified atom stereocenters. The number of rotatable bonds is 4. The van der Waals surface area contributed by atoms with E-state index in [1.165, 1.54) is 45.1 Å².